The second kappa shape index (κ2) is 2.51. The van der Waals surface area contributed by atoms with Crippen molar-refractivity contribution >= 4 is 11.9 Å². The van der Waals surface area contributed by atoms with Gasteiger partial charge in [0.25, 0.3) is 5.79 Å². The lowest BCUT2D eigenvalue weighted by Crippen LogP contribution is -2.42. The molecule has 1 aliphatic heterocycles. The summed E-state index contributed by atoms with van der Waals surface area (Å²) < 4.78 is 9.43. The van der Waals surface area contributed by atoms with Crippen LogP contribution in [0, 0.1) is 0 Å². The SMILES string of the molecule is CC1(C)OC(=O)C(=CN)C(=O)O1. The second-order valence-corrected chi connectivity index (χ2v) is 2.76. The van der Waals surface area contributed by atoms with Crippen LogP contribution in [0.5, 0.6) is 0 Å². The average molecular weight is 171 g/mol. The lowest BCUT2D eigenvalue weighted by Gasteiger charge is -2.29. The van der Waals surface area contributed by atoms with Crippen molar-refractivity contribution in [1.29, 1.82) is 0 Å². The maximum absolute atomic E-state index is 11.0. The largest absolute Gasteiger partial charge is 0.419 e. The van der Waals surface area contributed by atoms with Gasteiger partial charge in [0, 0.05) is 20.0 Å². The van der Waals surface area contributed by atoms with E-state index in [9.17, 15) is 9.59 Å². The van der Waals surface area contributed by atoms with Crippen molar-refractivity contribution in [3.63, 3.8) is 0 Å². The number of hydrogen-bond donors (Lipinski definition) is 1. The number of rotatable bonds is 0. The lowest BCUT2D eigenvalue weighted by molar-refractivity contribution is -0.222. The smallest absolute Gasteiger partial charge is 0.350 e. The molecule has 0 aliphatic carbocycles. The molecule has 1 heterocycles. The van der Waals surface area contributed by atoms with E-state index in [0.717, 1.165) is 6.20 Å². The molecule has 0 spiro atoms. The summed E-state index contributed by atoms with van der Waals surface area (Å²) in [6, 6.07) is 0. The molecular weight excluding hydrogens is 162 g/mol. The van der Waals surface area contributed by atoms with Gasteiger partial charge in [-0.3, -0.25) is 0 Å². The molecule has 1 rings (SSSR count). The molecule has 0 aromatic rings. The topological polar surface area (TPSA) is 78.6 Å². The number of hydrogen-bond acceptors (Lipinski definition) is 5. The lowest BCUT2D eigenvalue weighted by atomic mass is 10.2. The predicted molar refractivity (Wildman–Crippen MR) is 38.5 cm³/mol. The highest BCUT2D eigenvalue weighted by Gasteiger charge is 2.38. The second-order valence-electron chi connectivity index (χ2n) is 2.76. The summed E-state index contributed by atoms with van der Waals surface area (Å²) in [4.78, 5) is 22.0. The summed E-state index contributed by atoms with van der Waals surface area (Å²) in [7, 11) is 0. The number of esters is 2. The molecule has 5 heteroatoms. The van der Waals surface area contributed by atoms with Gasteiger partial charge in [-0.1, -0.05) is 0 Å². The van der Waals surface area contributed by atoms with Gasteiger partial charge in [0.15, 0.2) is 5.57 Å². The van der Waals surface area contributed by atoms with E-state index in [0.29, 0.717) is 0 Å². The van der Waals surface area contributed by atoms with E-state index < -0.39 is 17.7 Å². The number of carbonyl (C=O) groups is 2. The number of ether oxygens (including phenoxy) is 2. The summed E-state index contributed by atoms with van der Waals surface area (Å²) in [5, 5.41) is 0. The Bertz CT molecular complexity index is 245. The molecule has 12 heavy (non-hydrogen) atoms. The Morgan fingerprint density at radius 2 is 1.67 bits per heavy atom. The molecule has 0 unspecified atom stereocenters. The van der Waals surface area contributed by atoms with Gasteiger partial charge in [-0.15, -0.1) is 0 Å². The molecule has 0 aromatic heterocycles. The average Bonchev–Trinajstić information content (AvgIpc) is 1.82. The Kier molecular flexibility index (Phi) is 1.79. The highest BCUT2D eigenvalue weighted by atomic mass is 16.7. The molecule has 66 valence electrons. The third kappa shape index (κ3) is 1.39. The molecule has 0 radical (unpaired) electrons. The minimum atomic E-state index is -1.19. The van der Waals surface area contributed by atoms with Gasteiger partial charge >= 0.3 is 11.9 Å². The quantitative estimate of drug-likeness (QED) is 0.306. The van der Waals surface area contributed by atoms with Gasteiger partial charge in [-0.05, 0) is 0 Å². The highest BCUT2D eigenvalue weighted by Crippen LogP contribution is 2.21. The highest BCUT2D eigenvalue weighted by molar-refractivity contribution is 6.15. The fourth-order valence-corrected chi connectivity index (χ4v) is 0.797. The van der Waals surface area contributed by atoms with Crippen LogP contribution in [0.15, 0.2) is 11.8 Å². The zero-order valence-corrected chi connectivity index (χ0v) is 6.79. The fourth-order valence-electron chi connectivity index (χ4n) is 0.797. The third-order valence-corrected chi connectivity index (χ3v) is 1.28. The molecule has 0 saturated carbocycles. The third-order valence-electron chi connectivity index (χ3n) is 1.28. The zero-order valence-electron chi connectivity index (χ0n) is 6.79. The van der Waals surface area contributed by atoms with Crippen LogP contribution >= 0.6 is 0 Å². The molecule has 2 N–H and O–H groups in total. The molecule has 0 aromatic carbocycles. The fraction of sp³-hybridized carbons (Fsp3) is 0.429. The van der Waals surface area contributed by atoms with Crippen molar-refractivity contribution in [1.82, 2.24) is 0 Å². The van der Waals surface area contributed by atoms with E-state index in [-0.39, 0.29) is 5.57 Å². The molecule has 1 fully saturated rings. The minimum Gasteiger partial charge on any atom is -0.419 e. The Labute approximate surface area is 69.1 Å². The Balaban J connectivity index is 2.93. The van der Waals surface area contributed by atoms with Crippen LogP contribution < -0.4 is 5.73 Å². The van der Waals surface area contributed by atoms with Gasteiger partial charge in [0.05, 0.1) is 0 Å². The first-order chi connectivity index (χ1) is 5.46. The van der Waals surface area contributed by atoms with Gasteiger partial charge in [-0.2, -0.15) is 0 Å². The van der Waals surface area contributed by atoms with Crippen molar-refractivity contribution in [2.45, 2.75) is 19.6 Å². The van der Waals surface area contributed by atoms with Gasteiger partial charge in [0.1, 0.15) is 0 Å². The van der Waals surface area contributed by atoms with Crippen LogP contribution in [-0.2, 0) is 19.1 Å². The van der Waals surface area contributed by atoms with Crippen molar-refractivity contribution in [2.75, 3.05) is 0 Å². The van der Waals surface area contributed by atoms with E-state index in [1.165, 1.54) is 13.8 Å². The minimum absolute atomic E-state index is 0.269. The van der Waals surface area contributed by atoms with E-state index in [2.05, 4.69) is 0 Å². The number of nitrogens with two attached hydrogens (primary N) is 1. The number of cyclic esters (lactones) is 2. The standard InChI is InChI=1S/C7H9NO4/c1-7(2)11-5(9)4(3-8)6(10)12-7/h3H,8H2,1-2H3. The Hall–Kier alpha value is -1.52. The zero-order chi connectivity index (χ0) is 9.35. The van der Waals surface area contributed by atoms with Crippen molar-refractivity contribution in [3.8, 4) is 0 Å². The maximum Gasteiger partial charge on any atom is 0.350 e. The molecule has 1 aliphatic rings. The van der Waals surface area contributed by atoms with Gasteiger partial charge in [-0.25, -0.2) is 9.59 Å². The molecule has 0 amide bonds. The summed E-state index contributed by atoms with van der Waals surface area (Å²) in [6.07, 6.45) is 0.875. The number of carbonyl (C=O) groups excluding carboxylic acids is 2. The van der Waals surface area contributed by atoms with Crippen LogP contribution in [0.3, 0.4) is 0 Å². The van der Waals surface area contributed by atoms with Crippen LogP contribution in [0.4, 0.5) is 0 Å². The van der Waals surface area contributed by atoms with Crippen molar-refractivity contribution in [2.24, 2.45) is 5.73 Å². The Morgan fingerprint density at radius 3 is 2.00 bits per heavy atom. The molecule has 0 atom stereocenters. The van der Waals surface area contributed by atoms with Gasteiger partial charge in [0.2, 0.25) is 0 Å². The summed E-state index contributed by atoms with van der Waals surface area (Å²) in [5.74, 6) is -2.70. The normalized spacial score (nSPS) is 21.3. The molecule has 5 nitrogen and oxygen atoms in total. The maximum atomic E-state index is 11.0. The summed E-state index contributed by atoms with van der Waals surface area (Å²) in [6.45, 7) is 2.94. The first-order valence-electron chi connectivity index (χ1n) is 3.35. The van der Waals surface area contributed by atoms with Crippen molar-refractivity contribution < 1.29 is 19.1 Å². The monoisotopic (exact) mass is 171 g/mol. The predicted octanol–water partition coefficient (Wildman–Crippen LogP) is -0.335. The van der Waals surface area contributed by atoms with E-state index in [4.69, 9.17) is 15.2 Å². The summed E-state index contributed by atoms with van der Waals surface area (Å²) in [5.41, 5.74) is 4.74. The first kappa shape index (κ1) is 8.58. The Morgan fingerprint density at radius 1 is 1.25 bits per heavy atom. The van der Waals surface area contributed by atoms with Crippen LogP contribution in [-0.4, -0.2) is 17.7 Å². The van der Waals surface area contributed by atoms with E-state index >= 15 is 0 Å². The molecule has 0 bridgehead atoms. The van der Waals surface area contributed by atoms with Crippen LogP contribution in [0.2, 0.25) is 0 Å². The van der Waals surface area contributed by atoms with Crippen LogP contribution in [0.25, 0.3) is 0 Å². The molecular formula is C7H9NO4. The van der Waals surface area contributed by atoms with E-state index in [1.54, 1.807) is 0 Å². The van der Waals surface area contributed by atoms with Crippen molar-refractivity contribution in [3.05, 3.63) is 11.8 Å². The van der Waals surface area contributed by atoms with Crippen LogP contribution in [0.1, 0.15) is 13.8 Å². The van der Waals surface area contributed by atoms with E-state index in [1.807, 2.05) is 0 Å². The first-order valence-corrected chi connectivity index (χ1v) is 3.35. The molecule has 1 saturated heterocycles. The summed E-state index contributed by atoms with van der Waals surface area (Å²) >= 11 is 0. The van der Waals surface area contributed by atoms with Gasteiger partial charge < -0.3 is 15.2 Å².